The molecular formula is C76H138O6. The fraction of sp³-hybridized carbons (Fsp3) is 0.829. The van der Waals surface area contributed by atoms with E-state index in [1.165, 1.54) is 231 Å². The molecule has 0 rings (SSSR count). The summed E-state index contributed by atoms with van der Waals surface area (Å²) in [5.74, 6) is -0.894. The van der Waals surface area contributed by atoms with Gasteiger partial charge in [0.2, 0.25) is 0 Å². The van der Waals surface area contributed by atoms with E-state index in [4.69, 9.17) is 14.2 Å². The second kappa shape index (κ2) is 70.6. The average Bonchev–Trinajstić information content (AvgIpc) is 3.47. The summed E-state index contributed by atoms with van der Waals surface area (Å²) in [6.45, 7) is 6.53. The van der Waals surface area contributed by atoms with Gasteiger partial charge in [0.15, 0.2) is 6.10 Å². The smallest absolute Gasteiger partial charge is 0.306 e. The van der Waals surface area contributed by atoms with E-state index in [1.54, 1.807) is 0 Å². The topological polar surface area (TPSA) is 78.9 Å². The van der Waals surface area contributed by atoms with E-state index < -0.39 is 6.10 Å². The number of esters is 3. The third kappa shape index (κ3) is 67.9. The number of hydrogen-bond acceptors (Lipinski definition) is 6. The second-order valence-electron chi connectivity index (χ2n) is 24.5. The van der Waals surface area contributed by atoms with Crippen molar-refractivity contribution >= 4 is 17.9 Å². The molecule has 0 aromatic carbocycles. The van der Waals surface area contributed by atoms with Crippen molar-refractivity contribution in [1.29, 1.82) is 0 Å². The van der Waals surface area contributed by atoms with E-state index >= 15 is 0 Å². The fourth-order valence-corrected chi connectivity index (χ4v) is 10.8. The molecule has 1 atom stereocenters. The maximum Gasteiger partial charge on any atom is 0.306 e. The lowest BCUT2D eigenvalue weighted by molar-refractivity contribution is -0.167. The molecular weight excluding hydrogens is 1010 g/mol. The summed E-state index contributed by atoms with van der Waals surface area (Å²) in [6, 6.07) is 0. The van der Waals surface area contributed by atoms with Crippen LogP contribution in [-0.2, 0) is 28.6 Å². The Morgan fingerprint density at radius 1 is 0.256 bits per heavy atom. The Kier molecular flexibility index (Phi) is 68.1. The van der Waals surface area contributed by atoms with Gasteiger partial charge >= 0.3 is 17.9 Å². The molecule has 0 spiro atoms. The van der Waals surface area contributed by atoms with E-state index in [1.807, 2.05) is 0 Å². The largest absolute Gasteiger partial charge is 0.462 e. The van der Waals surface area contributed by atoms with Gasteiger partial charge in [0.1, 0.15) is 13.2 Å². The molecule has 0 heterocycles. The van der Waals surface area contributed by atoms with Crippen molar-refractivity contribution < 1.29 is 28.6 Å². The van der Waals surface area contributed by atoms with E-state index in [2.05, 4.69) is 81.5 Å². The first-order valence-corrected chi connectivity index (χ1v) is 36.3. The van der Waals surface area contributed by atoms with Gasteiger partial charge in [-0.3, -0.25) is 14.4 Å². The first-order chi connectivity index (χ1) is 40.5. The highest BCUT2D eigenvalue weighted by molar-refractivity contribution is 5.71. The summed E-state index contributed by atoms with van der Waals surface area (Å²) < 4.78 is 16.9. The molecule has 0 aliphatic rings. The van der Waals surface area contributed by atoms with Crippen LogP contribution < -0.4 is 0 Å². The minimum absolute atomic E-state index is 0.0829. The maximum absolute atomic E-state index is 12.9. The Morgan fingerprint density at radius 2 is 0.476 bits per heavy atom. The number of allylic oxidation sites excluding steroid dienone is 10. The van der Waals surface area contributed by atoms with Crippen molar-refractivity contribution in [3.63, 3.8) is 0 Å². The van der Waals surface area contributed by atoms with Gasteiger partial charge in [0, 0.05) is 19.3 Å². The van der Waals surface area contributed by atoms with Crippen LogP contribution in [-0.4, -0.2) is 37.2 Å². The Labute approximate surface area is 510 Å². The van der Waals surface area contributed by atoms with Gasteiger partial charge < -0.3 is 14.2 Å². The van der Waals surface area contributed by atoms with Crippen molar-refractivity contribution in [2.45, 2.75) is 393 Å². The summed E-state index contributed by atoms with van der Waals surface area (Å²) in [4.78, 5) is 38.4. The molecule has 6 nitrogen and oxygen atoms in total. The minimum atomic E-state index is -0.789. The average molecular weight is 1150 g/mol. The molecule has 0 saturated heterocycles. The number of ether oxygens (including phenoxy) is 3. The first-order valence-electron chi connectivity index (χ1n) is 36.3. The van der Waals surface area contributed by atoms with E-state index in [-0.39, 0.29) is 31.1 Å². The standard InChI is InChI=1S/C76H138O6/c1-4-7-10-13-16-19-22-25-28-29-30-31-32-33-34-35-36-37-38-39-40-41-42-43-44-45-46-49-51-54-57-60-63-66-69-75(78)81-72-73(82-76(79)70-67-64-61-58-55-52-48-27-24-21-18-15-12-9-6-3)71-80-74(77)68-65-62-59-56-53-50-47-26-23-20-17-14-11-8-5-2/h9,12,17-18,20-21,26-27,47-48,73H,4-8,10-11,13-16,19,22-25,28-46,49-72H2,1-3H3/b12-9-,20-17-,21-18-,47-26-,48-27-. The van der Waals surface area contributed by atoms with Gasteiger partial charge in [0.25, 0.3) is 0 Å². The SMILES string of the molecule is CC/C=C\C/C=C\C/C=C\CCCCCCCC(=O)OC(COC(=O)CCCCCCC/C=C\C/C=C\CCCCC)COC(=O)CCCCCCCCCCCCCCCCCCCCCCCCCCCCCCCCCCCC. The van der Waals surface area contributed by atoms with Crippen LogP contribution in [0.5, 0.6) is 0 Å². The van der Waals surface area contributed by atoms with Gasteiger partial charge in [0.05, 0.1) is 0 Å². The Bertz CT molecular complexity index is 1460. The molecule has 0 aromatic heterocycles. The molecule has 0 aliphatic carbocycles. The summed E-state index contributed by atoms with van der Waals surface area (Å²) in [6.07, 6.45) is 91.4. The highest BCUT2D eigenvalue weighted by atomic mass is 16.6. The predicted molar refractivity (Wildman–Crippen MR) is 358 cm³/mol. The lowest BCUT2D eigenvalue weighted by atomic mass is 10.0. The summed E-state index contributed by atoms with van der Waals surface area (Å²) >= 11 is 0. The molecule has 0 N–H and O–H groups in total. The number of carbonyl (C=O) groups is 3. The lowest BCUT2D eigenvalue weighted by Gasteiger charge is -2.18. The van der Waals surface area contributed by atoms with Gasteiger partial charge in [-0.15, -0.1) is 0 Å². The molecule has 0 aromatic rings. The summed E-state index contributed by atoms with van der Waals surface area (Å²) in [5.41, 5.74) is 0. The molecule has 0 fully saturated rings. The summed E-state index contributed by atoms with van der Waals surface area (Å²) in [7, 11) is 0. The highest BCUT2D eigenvalue weighted by Gasteiger charge is 2.19. The van der Waals surface area contributed by atoms with Crippen molar-refractivity contribution in [2.24, 2.45) is 0 Å². The molecule has 82 heavy (non-hydrogen) atoms. The Hall–Kier alpha value is -2.89. The van der Waals surface area contributed by atoms with Crippen LogP contribution in [0.15, 0.2) is 60.8 Å². The quantitative estimate of drug-likeness (QED) is 0.0261. The number of rotatable bonds is 67. The van der Waals surface area contributed by atoms with Crippen molar-refractivity contribution in [1.82, 2.24) is 0 Å². The third-order valence-electron chi connectivity index (χ3n) is 16.3. The summed E-state index contributed by atoms with van der Waals surface area (Å²) in [5, 5.41) is 0. The molecule has 1 unspecified atom stereocenters. The van der Waals surface area contributed by atoms with Gasteiger partial charge in [-0.25, -0.2) is 0 Å². The van der Waals surface area contributed by atoms with Crippen LogP contribution in [0, 0.1) is 0 Å². The van der Waals surface area contributed by atoms with Gasteiger partial charge in [-0.2, -0.15) is 0 Å². The predicted octanol–water partition coefficient (Wildman–Crippen LogP) is 25.1. The Morgan fingerprint density at radius 3 is 0.768 bits per heavy atom. The van der Waals surface area contributed by atoms with E-state index in [0.717, 1.165) is 116 Å². The zero-order chi connectivity index (χ0) is 59.2. The van der Waals surface area contributed by atoms with E-state index in [9.17, 15) is 14.4 Å². The monoisotopic (exact) mass is 1150 g/mol. The second-order valence-corrected chi connectivity index (χ2v) is 24.5. The molecule has 0 bridgehead atoms. The van der Waals surface area contributed by atoms with Crippen LogP contribution in [0.2, 0.25) is 0 Å². The van der Waals surface area contributed by atoms with Crippen molar-refractivity contribution in [2.75, 3.05) is 13.2 Å². The van der Waals surface area contributed by atoms with Gasteiger partial charge in [-0.1, -0.05) is 345 Å². The normalized spacial score (nSPS) is 12.4. The Balaban J connectivity index is 4.11. The zero-order valence-electron chi connectivity index (χ0n) is 55.0. The fourth-order valence-electron chi connectivity index (χ4n) is 10.8. The third-order valence-corrected chi connectivity index (χ3v) is 16.3. The van der Waals surface area contributed by atoms with Crippen LogP contribution >= 0.6 is 0 Å². The van der Waals surface area contributed by atoms with Crippen molar-refractivity contribution in [3.05, 3.63) is 60.8 Å². The maximum atomic E-state index is 12.9. The molecule has 0 aliphatic heterocycles. The lowest BCUT2D eigenvalue weighted by Crippen LogP contribution is -2.30. The van der Waals surface area contributed by atoms with Crippen LogP contribution in [0.1, 0.15) is 387 Å². The van der Waals surface area contributed by atoms with E-state index in [0.29, 0.717) is 19.3 Å². The molecule has 478 valence electrons. The van der Waals surface area contributed by atoms with Crippen LogP contribution in [0.25, 0.3) is 0 Å². The molecule has 0 radical (unpaired) electrons. The van der Waals surface area contributed by atoms with Crippen LogP contribution in [0.4, 0.5) is 0 Å². The molecule has 6 heteroatoms. The van der Waals surface area contributed by atoms with Gasteiger partial charge in [-0.05, 0) is 83.5 Å². The zero-order valence-corrected chi connectivity index (χ0v) is 55.0. The molecule has 0 saturated carbocycles. The molecule has 0 amide bonds. The van der Waals surface area contributed by atoms with Crippen LogP contribution in [0.3, 0.4) is 0 Å². The first kappa shape index (κ1) is 79.1. The minimum Gasteiger partial charge on any atom is -0.462 e. The number of unbranched alkanes of at least 4 members (excludes halogenated alkanes) is 46. The highest BCUT2D eigenvalue weighted by Crippen LogP contribution is 2.19. The number of carbonyl (C=O) groups excluding carboxylic acids is 3. The number of hydrogen-bond donors (Lipinski definition) is 0. The van der Waals surface area contributed by atoms with Crippen molar-refractivity contribution in [3.8, 4) is 0 Å².